The van der Waals surface area contributed by atoms with E-state index in [0.717, 1.165) is 25.1 Å². The number of H-pyrrole nitrogens is 1. The second-order valence-corrected chi connectivity index (χ2v) is 6.71. The van der Waals surface area contributed by atoms with Gasteiger partial charge in [-0.05, 0) is 12.8 Å². The highest BCUT2D eigenvalue weighted by Gasteiger charge is 2.26. The summed E-state index contributed by atoms with van der Waals surface area (Å²) < 4.78 is 0. The van der Waals surface area contributed by atoms with Crippen molar-refractivity contribution in [2.45, 2.75) is 62.3 Å². The minimum Gasteiger partial charge on any atom is -0.298 e. The molecular formula is C12H19N3OS. The third-order valence-electron chi connectivity index (χ3n) is 2.92. The lowest BCUT2D eigenvalue weighted by Gasteiger charge is -2.18. The van der Waals surface area contributed by atoms with Crippen molar-refractivity contribution in [3.8, 4) is 0 Å². The Morgan fingerprint density at radius 3 is 2.71 bits per heavy atom. The molecule has 1 N–H and O–H groups in total. The van der Waals surface area contributed by atoms with Crippen molar-refractivity contribution in [2.75, 3.05) is 0 Å². The van der Waals surface area contributed by atoms with E-state index in [1.807, 2.05) is 0 Å². The van der Waals surface area contributed by atoms with Crippen LogP contribution < -0.4 is 0 Å². The molecule has 1 aliphatic rings. The lowest BCUT2D eigenvalue weighted by atomic mass is 9.96. The van der Waals surface area contributed by atoms with Crippen molar-refractivity contribution in [3.63, 3.8) is 0 Å². The third-order valence-corrected chi connectivity index (χ3v) is 4.10. The summed E-state index contributed by atoms with van der Waals surface area (Å²) >= 11 is 1.51. The van der Waals surface area contributed by atoms with Gasteiger partial charge in [-0.3, -0.25) is 9.89 Å². The summed E-state index contributed by atoms with van der Waals surface area (Å²) in [5, 5.41) is 7.91. The summed E-state index contributed by atoms with van der Waals surface area (Å²) in [5.74, 6) is 1.23. The SMILES string of the molecule is CC(C)(C)c1nc(S[C@H]2CCCCC2=O)n[nH]1. The highest BCUT2D eigenvalue weighted by molar-refractivity contribution is 8.00. The lowest BCUT2D eigenvalue weighted by molar-refractivity contribution is -0.119. The summed E-state index contributed by atoms with van der Waals surface area (Å²) in [5.41, 5.74) is -0.0254. The molecular weight excluding hydrogens is 234 g/mol. The monoisotopic (exact) mass is 253 g/mol. The van der Waals surface area contributed by atoms with Gasteiger partial charge >= 0.3 is 0 Å². The van der Waals surface area contributed by atoms with Gasteiger partial charge in [-0.25, -0.2) is 4.98 Å². The number of thioether (sulfide) groups is 1. The Labute approximate surface area is 106 Å². The summed E-state index contributed by atoms with van der Waals surface area (Å²) in [6.45, 7) is 6.27. The highest BCUT2D eigenvalue weighted by Crippen LogP contribution is 2.30. The maximum atomic E-state index is 11.7. The Balaban J connectivity index is 2.03. The largest absolute Gasteiger partial charge is 0.298 e. The van der Waals surface area contributed by atoms with Crippen LogP contribution in [0.2, 0.25) is 0 Å². The van der Waals surface area contributed by atoms with Crippen LogP contribution in [0.15, 0.2) is 5.16 Å². The van der Waals surface area contributed by atoms with Crippen molar-refractivity contribution in [3.05, 3.63) is 5.82 Å². The van der Waals surface area contributed by atoms with Crippen LogP contribution in [0.25, 0.3) is 0 Å². The van der Waals surface area contributed by atoms with E-state index in [1.54, 1.807) is 0 Å². The second-order valence-electron chi connectivity index (χ2n) is 5.54. The summed E-state index contributed by atoms with van der Waals surface area (Å²) in [6, 6.07) is 0. The first-order valence-corrected chi connectivity index (χ1v) is 6.97. The molecule has 2 rings (SSSR count). The van der Waals surface area contributed by atoms with E-state index in [2.05, 4.69) is 36.0 Å². The fraction of sp³-hybridized carbons (Fsp3) is 0.750. The average Bonchev–Trinajstić information content (AvgIpc) is 2.69. The van der Waals surface area contributed by atoms with E-state index in [1.165, 1.54) is 11.8 Å². The Morgan fingerprint density at radius 2 is 2.12 bits per heavy atom. The number of Topliss-reactive ketones (excluding diaryl/α,β-unsaturated/α-hetero) is 1. The lowest BCUT2D eigenvalue weighted by Crippen LogP contribution is -2.21. The van der Waals surface area contributed by atoms with Gasteiger partial charge in [-0.15, -0.1) is 5.10 Å². The number of ketones is 1. The molecule has 0 saturated heterocycles. The van der Waals surface area contributed by atoms with Crippen LogP contribution in [0.4, 0.5) is 0 Å². The van der Waals surface area contributed by atoms with E-state index in [-0.39, 0.29) is 10.7 Å². The first-order chi connectivity index (χ1) is 7.97. The molecule has 4 nitrogen and oxygen atoms in total. The zero-order chi connectivity index (χ0) is 12.5. The quantitative estimate of drug-likeness (QED) is 0.880. The third kappa shape index (κ3) is 3.09. The van der Waals surface area contributed by atoms with Crippen molar-refractivity contribution in [1.29, 1.82) is 0 Å². The predicted molar refractivity (Wildman–Crippen MR) is 68.2 cm³/mol. The summed E-state index contributed by atoms with van der Waals surface area (Å²) in [4.78, 5) is 16.2. The van der Waals surface area contributed by atoms with Crippen LogP contribution in [-0.4, -0.2) is 26.2 Å². The predicted octanol–water partition coefficient (Wildman–Crippen LogP) is 2.71. The van der Waals surface area contributed by atoms with Crippen LogP contribution in [0.1, 0.15) is 52.3 Å². The number of aromatic nitrogens is 3. The van der Waals surface area contributed by atoms with Gasteiger partial charge in [-0.2, -0.15) is 0 Å². The molecule has 1 heterocycles. The van der Waals surface area contributed by atoms with Gasteiger partial charge in [0.1, 0.15) is 11.6 Å². The van der Waals surface area contributed by atoms with Gasteiger partial charge in [-0.1, -0.05) is 39.0 Å². The molecule has 1 aliphatic carbocycles. The minimum atomic E-state index is -0.0254. The maximum Gasteiger partial charge on any atom is 0.209 e. The van der Waals surface area contributed by atoms with E-state index in [4.69, 9.17) is 0 Å². The van der Waals surface area contributed by atoms with Crippen LogP contribution >= 0.6 is 11.8 Å². The van der Waals surface area contributed by atoms with Gasteiger partial charge in [0.2, 0.25) is 5.16 Å². The van der Waals surface area contributed by atoms with E-state index >= 15 is 0 Å². The molecule has 1 fully saturated rings. The molecule has 0 radical (unpaired) electrons. The zero-order valence-electron chi connectivity index (χ0n) is 10.6. The van der Waals surface area contributed by atoms with Crippen LogP contribution in [0.3, 0.4) is 0 Å². The zero-order valence-corrected chi connectivity index (χ0v) is 11.4. The first-order valence-electron chi connectivity index (χ1n) is 6.09. The first kappa shape index (κ1) is 12.6. The van der Waals surface area contributed by atoms with Crippen molar-refractivity contribution < 1.29 is 4.79 Å². The number of carbonyl (C=O) groups excluding carboxylic acids is 1. The van der Waals surface area contributed by atoms with Gasteiger partial charge < -0.3 is 0 Å². The van der Waals surface area contributed by atoms with Crippen molar-refractivity contribution in [1.82, 2.24) is 15.2 Å². The summed E-state index contributed by atoms with van der Waals surface area (Å²) in [6.07, 6.45) is 3.86. The molecule has 1 aromatic heterocycles. The molecule has 94 valence electrons. The standard InChI is InChI=1S/C12H19N3OS/c1-12(2,3)10-13-11(15-14-10)17-9-7-5-4-6-8(9)16/h9H,4-7H2,1-3H3,(H,13,14,15)/t9-/m0/s1. The molecule has 0 bridgehead atoms. The van der Waals surface area contributed by atoms with E-state index < -0.39 is 0 Å². The van der Waals surface area contributed by atoms with E-state index in [9.17, 15) is 4.79 Å². The van der Waals surface area contributed by atoms with Crippen LogP contribution in [0.5, 0.6) is 0 Å². The smallest absolute Gasteiger partial charge is 0.209 e. The summed E-state index contributed by atoms with van der Waals surface area (Å²) in [7, 11) is 0. The Bertz CT molecular complexity index is 408. The van der Waals surface area contributed by atoms with Gasteiger partial charge in [0.15, 0.2) is 0 Å². The molecule has 5 heteroatoms. The van der Waals surface area contributed by atoms with E-state index in [0.29, 0.717) is 17.4 Å². The number of nitrogens with zero attached hydrogens (tertiary/aromatic N) is 2. The fourth-order valence-electron chi connectivity index (χ4n) is 1.84. The molecule has 1 atom stereocenters. The number of hydrogen-bond acceptors (Lipinski definition) is 4. The molecule has 1 saturated carbocycles. The molecule has 0 aliphatic heterocycles. The number of carbonyl (C=O) groups is 1. The molecule has 0 amide bonds. The average molecular weight is 253 g/mol. The molecule has 1 aromatic rings. The molecule has 0 spiro atoms. The van der Waals surface area contributed by atoms with Crippen LogP contribution in [-0.2, 0) is 10.2 Å². The number of nitrogens with one attached hydrogen (secondary N) is 1. The Morgan fingerprint density at radius 1 is 1.35 bits per heavy atom. The van der Waals surface area contributed by atoms with Gasteiger partial charge in [0, 0.05) is 11.8 Å². The van der Waals surface area contributed by atoms with Crippen molar-refractivity contribution in [2.24, 2.45) is 0 Å². The molecule has 0 unspecified atom stereocenters. The van der Waals surface area contributed by atoms with Crippen molar-refractivity contribution >= 4 is 17.5 Å². The molecule has 0 aromatic carbocycles. The fourth-order valence-corrected chi connectivity index (χ4v) is 2.87. The number of hydrogen-bond donors (Lipinski definition) is 1. The number of rotatable bonds is 2. The second kappa shape index (κ2) is 4.80. The molecule has 17 heavy (non-hydrogen) atoms. The van der Waals surface area contributed by atoms with Crippen LogP contribution in [0, 0.1) is 0 Å². The Hall–Kier alpha value is -0.840. The number of aromatic amines is 1. The maximum absolute atomic E-state index is 11.7. The highest BCUT2D eigenvalue weighted by atomic mass is 32.2. The Kier molecular flexibility index (Phi) is 3.56. The topological polar surface area (TPSA) is 58.6 Å². The minimum absolute atomic E-state index is 0.0254. The normalized spacial score (nSPS) is 21.8. The van der Waals surface area contributed by atoms with Gasteiger partial charge in [0.05, 0.1) is 5.25 Å². The van der Waals surface area contributed by atoms with Gasteiger partial charge in [0.25, 0.3) is 0 Å².